The summed E-state index contributed by atoms with van der Waals surface area (Å²) in [7, 11) is 1.40. The topological polar surface area (TPSA) is 83.5 Å². The van der Waals surface area contributed by atoms with Crippen LogP contribution in [0.3, 0.4) is 0 Å². The van der Waals surface area contributed by atoms with Crippen LogP contribution in [0.15, 0.2) is 0 Å². The first-order chi connectivity index (χ1) is 11.7. The van der Waals surface area contributed by atoms with E-state index in [1.165, 1.54) is 7.11 Å². The van der Waals surface area contributed by atoms with Crippen molar-refractivity contribution in [2.24, 2.45) is 0 Å². The summed E-state index contributed by atoms with van der Waals surface area (Å²) >= 11 is 0. The summed E-state index contributed by atoms with van der Waals surface area (Å²) < 4.78 is 28.5. The Morgan fingerprint density at radius 3 is 2.04 bits per heavy atom. The van der Waals surface area contributed by atoms with Crippen LogP contribution in [0.4, 0.5) is 0 Å². The van der Waals surface area contributed by atoms with Crippen LogP contribution in [-0.2, 0) is 28.5 Å². The van der Waals surface area contributed by atoms with Crippen LogP contribution in [0.2, 0.25) is 0 Å². The second kappa shape index (κ2) is 8.31. The average Bonchev–Trinajstić information content (AvgIpc) is 3.01. The zero-order valence-corrected chi connectivity index (χ0v) is 15.9. The molecule has 0 spiro atoms. The van der Waals surface area contributed by atoms with Gasteiger partial charge in [0, 0.05) is 6.42 Å². The van der Waals surface area contributed by atoms with E-state index in [-0.39, 0.29) is 30.9 Å². The van der Waals surface area contributed by atoms with Crippen molar-refractivity contribution < 1.29 is 33.6 Å². The van der Waals surface area contributed by atoms with E-state index in [9.17, 15) is 9.90 Å². The number of unbranched alkanes of at least 4 members (excludes halogenated alkanes) is 2. The Labute approximate surface area is 149 Å². The molecule has 0 unspecified atom stereocenters. The minimum absolute atomic E-state index is 0.125. The Kier molecular flexibility index (Phi) is 6.84. The highest BCUT2D eigenvalue weighted by atomic mass is 16.8. The minimum Gasteiger partial charge on any atom is -0.469 e. The minimum atomic E-state index is -0.751. The fourth-order valence-electron chi connectivity index (χ4n) is 3.54. The van der Waals surface area contributed by atoms with Crippen molar-refractivity contribution in [1.29, 1.82) is 0 Å². The number of aliphatic hydroxyl groups is 1. The van der Waals surface area contributed by atoms with Gasteiger partial charge in [0.15, 0.2) is 11.6 Å². The summed E-state index contributed by atoms with van der Waals surface area (Å²) in [4.78, 5) is 11.2. The van der Waals surface area contributed by atoms with Gasteiger partial charge in [0.2, 0.25) is 0 Å². The predicted octanol–water partition coefficient (Wildman–Crippen LogP) is 2.14. The lowest BCUT2D eigenvalue weighted by atomic mass is 9.98. The van der Waals surface area contributed by atoms with Crippen molar-refractivity contribution in [2.75, 3.05) is 13.7 Å². The fraction of sp³-hybridized carbons (Fsp3) is 0.944. The standard InChI is InChI=1S/C18H32O7/c1-17(2)22-12(9-7-6-8-10-14(20)21-5)15(24-17)16-13(11-19)23-18(3,4)25-16/h12-13,15-16,19H,6-11H2,1-5H3/t12-,13+,15+,16-/m0/s1. The third-order valence-corrected chi connectivity index (χ3v) is 4.54. The Morgan fingerprint density at radius 1 is 0.920 bits per heavy atom. The number of hydrogen-bond acceptors (Lipinski definition) is 7. The highest BCUT2D eigenvalue weighted by Gasteiger charge is 2.53. The van der Waals surface area contributed by atoms with Crippen LogP contribution >= 0.6 is 0 Å². The van der Waals surface area contributed by atoms with Gasteiger partial charge >= 0.3 is 5.97 Å². The molecule has 0 bridgehead atoms. The van der Waals surface area contributed by atoms with Gasteiger partial charge in [0.05, 0.1) is 19.8 Å². The predicted molar refractivity (Wildman–Crippen MR) is 89.8 cm³/mol. The van der Waals surface area contributed by atoms with E-state index in [2.05, 4.69) is 4.74 Å². The molecule has 0 radical (unpaired) electrons. The van der Waals surface area contributed by atoms with Crippen molar-refractivity contribution in [2.45, 2.75) is 95.8 Å². The van der Waals surface area contributed by atoms with Crippen LogP contribution in [0, 0.1) is 0 Å². The lowest BCUT2D eigenvalue weighted by Crippen LogP contribution is -2.43. The lowest BCUT2D eigenvalue weighted by Gasteiger charge is -2.25. The van der Waals surface area contributed by atoms with Gasteiger partial charge in [-0.1, -0.05) is 12.8 Å². The van der Waals surface area contributed by atoms with Gasteiger partial charge in [-0.25, -0.2) is 0 Å². The largest absolute Gasteiger partial charge is 0.469 e. The van der Waals surface area contributed by atoms with E-state index in [4.69, 9.17) is 18.9 Å². The summed E-state index contributed by atoms with van der Waals surface area (Å²) in [5.41, 5.74) is 0. The average molecular weight is 360 g/mol. The molecule has 2 saturated heterocycles. The Hall–Kier alpha value is -0.730. The van der Waals surface area contributed by atoms with Crippen LogP contribution in [0.25, 0.3) is 0 Å². The van der Waals surface area contributed by atoms with E-state index in [1.807, 2.05) is 27.7 Å². The van der Waals surface area contributed by atoms with Gasteiger partial charge in [0.25, 0.3) is 0 Å². The maximum atomic E-state index is 11.2. The quantitative estimate of drug-likeness (QED) is 0.524. The van der Waals surface area contributed by atoms with E-state index in [0.29, 0.717) is 6.42 Å². The number of carbonyl (C=O) groups is 1. The van der Waals surface area contributed by atoms with Gasteiger partial charge < -0.3 is 28.8 Å². The number of aliphatic hydroxyl groups excluding tert-OH is 1. The van der Waals surface area contributed by atoms with E-state index in [0.717, 1.165) is 25.7 Å². The molecule has 2 aliphatic rings. The van der Waals surface area contributed by atoms with Gasteiger partial charge in [0.1, 0.15) is 18.3 Å². The third kappa shape index (κ3) is 5.62. The van der Waals surface area contributed by atoms with Crippen LogP contribution in [-0.4, -0.2) is 60.8 Å². The normalized spacial score (nSPS) is 33.5. The summed E-state index contributed by atoms with van der Waals surface area (Å²) in [6, 6.07) is 0. The molecule has 2 rings (SSSR count). The molecule has 4 atom stereocenters. The summed E-state index contributed by atoms with van der Waals surface area (Å²) in [6.07, 6.45) is 2.63. The number of rotatable bonds is 8. The molecule has 0 amide bonds. The summed E-state index contributed by atoms with van der Waals surface area (Å²) in [5.74, 6) is -1.62. The first kappa shape index (κ1) is 20.6. The number of hydrogen-bond donors (Lipinski definition) is 1. The monoisotopic (exact) mass is 360 g/mol. The Balaban J connectivity index is 1.90. The Morgan fingerprint density at radius 2 is 1.48 bits per heavy atom. The van der Waals surface area contributed by atoms with E-state index in [1.54, 1.807) is 0 Å². The molecule has 7 nitrogen and oxygen atoms in total. The fourth-order valence-corrected chi connectivity index (χ4v) is 3.54. The third-order valence-electron chi connectivity index (χ3n) is 4.54. The van der Waals surface area contributed by atoms with Crippen molar-refractivity contribution >= 4 is 5.97 Å². The maximum absolute atomic E-state index is 11.2. The zero-order chi connectivity index (χ0) is 18.7. The molecule has 7 heteroatoms. The van der Waals surface area contributed by atoms with Crippen LogP contribution in [0.1, 0.15) is 59.8 Å². The van der Waals surface area contributed by atoms with Crippen molar-refractivity contribution in [1.82, 2.24) is 0 Å². The van der Waals surface area contributed by atoms with Gasteiger partial charge in [-0.2, -0.15) is 0 Å². The van der Waals surface area contributed by atoms with Crippen molar-refractivity contribution in [3.8, 4) is 0 Å². The van der Waals surface area contributed by atoms with Gasteiger partial charge in [-0.05, 0) is 40.5 Å². The molecule has 146 valence electrons. The van der Waals surface area contributed by atoms with Gasteiger partial charge in [-0.15, -0.1) is 0 Å². The number of ether oxygens (including phenoxy) is 5. The maximum Gasteiger partial charge on any atom is 0.305 e. The second-order valence-electron chi connectivity index (χ2n) is 7.64. The van der Waals surface area contributed by atoms with Crippen LogP contribution in [0.5, 0.6) is 0 Å². The summed E-state index contributed by atoms with van der Waals surface area (Å²) in [6.45, 7) is 7.30. The molecule has 1 N–H and O–H groups in total. The Bertz CT molecular complexity index is 449. The highest BCUT2D eigenvalue weighted by molar-refractivity contribution is 5.68. The van der Waals surface area contributed by atoms with Crippen molar-refractivity contribution in [3.63, 3.8) is 0 Å². The molecule has 0 aromatic heterocycles. The molecule has 0 aliphatic carbocycles. The molecule has 0 saturated carbocycles. The molecule has 2 heterocycles. The lowest BCUT2D eigenvalue weighted by molar-refractivity contribution is -0.175. The molecule has 0 aromatic rings. The SMILES string of the molecule is COC(=O)CCCCC[C@@H]1OC(C)(C)O[C@H]1[C@H]1OC(C)(C)O[C@@H]1CO. The van der Waals surface area contributed by atoms with E-state index < -0.39 is 17.7 Å². The first-order valence-electron chi connectivity index (χ1n) is 9.06. The molecule has 25 heavy (non-hydrogen) atoms. The molecule has 2 fully saturated rings. The van der Waals surface area contributed by atoms with E-state index >= 15 is 0 Å². The molecule has 0 aromatic carbocycles. The summed E-state index contributed by atoms with van der Waals surface area (Å²) in [5, 5.41) is 9.62. The van der Waals surface area contributed by atoms with Crippen LogP contribution < -0.4 is 0 Å². The highest BCUT2D eigenvalue weighted by Crippen LogP contribution is 2.39. The van der Waals surface area contributed by atoms with Crippen molar-refractivity contribution in [3.05, 3.63) is 0 Å². The number of esters is 1. The molecule has 2 aliphatic heterocycles. The molecular weight excluding hydrogens is 328 g/mol. The molecular formula is C18H32O7. The zero-order valence-electron chi connectivity index (χ0n) is 15.9. The first-order valence-corrected chi connectivity index (χ1v) is 9.06. The smallest absolute Gasteiger partial charge is 0.305 e. The number of carbonyl (C=O) groups excluding carboxylic acids is 1. The second-order valence-corrected chi connectivity index (χ2v) is 7.64. The van der Waals surface area contributed by atoms with Gasteiger partial charge in [-0.3, -0.25) is 4.79 Å². The number of methoxy groups -OCH3 is 1.